The van der Waals surface area contributed by atoms with Crippen LogP contribution in [-0.2, 0) is 23.9 Å². The summed E-state index contributed by atoms with van der Waals surface area (Å²) < 4.78 is 9.51. The van der Waals surface area contributed by atoms with Crippen LogP contribution in [0.3, 0.4) is 0 Å². The lowest BCUT2D eigenvalue weighted by Crippen LogP contribution is -2.42. The van der Waals surface area contributed by atoms with E-state index in [1.807, 2.05) is 0 Å². The van der Waals surface area contributed by atoms with Crippen molar-refractivity contribution in [2.24, 2.45) is 0 Å². The molecule has 2 amide bonds. The molecule has 0 aliphatic carbocycles. The maximum absolute atomic E-state index is 12.0. The molecule has 146 valence electrons. The zero-order chi connectivity index (χ0) is 20.2. The molecule has 27 heavy (non-hydrogen) atoms. The molecule has 0 fully saturated rings. The van der Waals surface area contributed by atoms with E-state index in [2.05, 4.69) is 10.1 Å². The fourth-order valence-electron chi connectivity index (χ4n) is 2.09. The van der Waals surface area contributed by atoms with Crippen molar-refractivity contribution < 1.29 is 28.7 Å². The minimum absolute atomic E-state index is 0.0803. The first-order valence-corrected chi connectivity index (χ1v) is 8.48. The number of ether oxygens (including phenoxy) is 2. The molecular weight excluding hydrogens is 352 g/mol. The number of nitrogens with one attached hydrogen (secondary N) is 1. The highest BCUT2D eigenvalue weighted by molar-refractivity contribution is 5.91. The van der Waals surface area contributed by atoms with Crippen LogP contribution >= 0.6 is 0 Å². The number of likely N-dealkylation sites (N-methyl/N-ethyl adjacent to an activating group) is 2. The quantitative estimate of drug-likeness (QED) is 0.510. The van der Waals surface area contributed by atoms with Gasteiger partial charge in [0.15, 0.2) is 6.61 Å². The summed E-state index contributed by atoms with van der Waals surface area (Å²) in [7, 11) is 1.29. The van der Waals surface area contributed by atoms with Crippen LogP contribution in [0.15, 0.2) is 30.3 Å². The van der Waals surface area contributed by atoms with Gasteiger partial charge in [0.25, 0.3) is 5.91 Å². The van der Waals surface area contributed by atoms with Crippen LogP contribution in [0.4, 0.5) is 0 Å². The maximum atomic E-state index is 12.0. The molecule has 1 N–H and O–H groups in total. The predicted octanol–water partition coefficient (Wildman–Crippen LogP) is 1.01. The molecule has 0 saturated carbocycles. The number of benzene rings is 1. The van der Waals surface area contributed by atoms with E-state index >= 15 is 0 Å². The maximum Gasteiger partial charge on any atom is 0.337 e. The fourth-order valence-corrected chi connectivity index (χ4v) is 2.09. The lowest BCUT2D eigenvalue weighted by Gasteiger charge is -2.19. The zero-order valence-corrected chi connectivity index (χ0v) is 15.7. The van der Waals surface area contributed by atoms with Gasteiger partial charge in [0.1, 0.15) is 0 Å². The number of amides is 2. The molecule has 0 bridgehead atoms. The van der Waals surface area contributed by atoms with Gasteiger partial charge in [0, 0.05) is 19.2 Å². The lowest BCUT2D eigenvalue weighted by molar-refractivity contribution is -0.148. The average molecular weight is 376 g/mol. The van der Waals surface area contributed by atoms with E-state index in [1.165, 1.54) is 24.2 Å². The van der Waals surface area contributed by atoms with Crippen molar-refractivity contribution in [2.75, 3.05) is 33.4 Å². The van der Waals surface area contributed by atoms with E-state index in [-0.39, 0.29) is 12.5 Å². The molecule has 1 aromatic carbocycles. The molecule has 0 atom stereocenters. The van der Waals surface area contributed by atoms with Crippen LogP contribution in [0, 0.1) is 0 Å². The summed E-state index contributed by atoms with van der Waals surface area (Å²) >= 11 is 0. The monoisotopic (exact) mass is 376 g/mol. The van der Waals surface area contributed by atoms with Crippen molar-refractivity contribution in [1.29, 1.82) is 0 Å². The third-order valence-corrected chi connectivity index (χ3v) is 3.52. The molecule has 0 aliphatic heterocycles. The van der Waals surface area contributed by atoms with Crippen LogP contribution in [0.5, 0.6) is 0 Å². The van der Waals surface area contributed by atoms with Gasteiger partial charge in [-0.25, -0.2) is 9.59 Å². The molecular formula is C19H24N2O6. The van der Waals surface area contributed by atoms with Crippen LogP contribution in [0.25, 0.3) is 6.08 Å². The number of esters is 2. The largest absolute Gasteiger partial charge is 0.465 e. The lowest BCUT2D eigenvalue weighted by atomic mass is 10.1. The van der Waals surface area contributed by atoms with E-state index in [0.29, 0.717) is 24.2 Å². The second kappa shape index (κ2) is 11.5. The topological polar surface area (TPSA) is 102 Å². The molecule has 0 aliphatic rings. The summed E-state index contributed by atoms with van der Waals surface area (Å²) in [5, 5.41) is 2.60. The van der Waals surface area contributed by atoms with Crippen molar-refractivity contribution in [2.45, 2.75) is 13.8 Å². The summed E-state index contributed by atoms with van der Waals surface area (Å²) in [5.74, 6) is -1.85. The van der Waals surface area contributed by atoms with Crippen molar-refractivity contribution in [1.82, 2.24) is 10.2 Å². The molecule has 0 spiro atoms. The third kappa shape index (κ3) is 7.72. The Morgan fingerprint density at radius 3 is 2.33 bits per heavy atom. The molecule has 8 heteroatoms. The summed E-state index contributed by atoms with van der Waals surface area (Å²) in [6.45, 7) is 3.80. The molecule has 0 heterocycles. The summed E-state index contributed by atoms with van der Waals surface area (Å²) in [6, 6.07) is 6.43. The van der Waals surface area contributed by atoms with Crippen LogP contribution < -0.4 is 5.32 Å². The van der Waals surface area contributed by atoms with Crippen molar-refractivity contribution in [3.8, 4) is 0 Å². The second-order valence-electron chi connectivity index (χ2n) is 5.42. The number of carbonyl (C=O) groups excluding carboxylic acids is 4. The highest BCUT2D eigenvalue weighted by Gasteiger charge is 2.16. The molecule has 1 rings (SSSR count). The Morgan fingerprint density at radius 1 is 1.11 bits per heavy atom. The first-order valence-electron chi connectivity index (χ1n) is 8.48. The Hall–Kier alpha value is -3.16. The summed E-state index contributed by atoms with van der Waals surface area (Å²) in [4.78, 5) is 48.0. The van der Waals surface area contributed by atoms with Crippen molar-refractivity contribution in [3.05, 3.63) is 41.5 Å². The minimum Gasteiger partial charge on any atom is -0.465 e. The molecule has 0 unspecified atom stereocenters. The first-order chi connectivity index (χ1) is 12.9. The standard InChI is InChI=1S/C19H24N2O6/c1-4-20-16(22)12-21(5-2)17(23)13-27-18(24)11-8-14-6-9-15(10-7-14)19(25)26-3/h6-11H,4-5,12-13H2,1-3H3,(H,20,22)/b11-8+. The Balaban J connectivity index is 2.51. The van der Waals surface area contributed by atoms with E-state index in [0.717, 1.165) is 0 Å². The molecule has 0 radical (unpaired) electrons. The Kier molecular flexibility index (Phi) is 9.28. The Bertz CT molecular complexity index is 697. The summed E-state index contributed by atoms with van der Waals surface area (Å²) in [6.07, 6.45) is 2.68. The molecule has 1 aromatic rings. The molecule has 0 aromatic heterocycles. The third-order valence-electron chi connectivity index (χ3n) is 3.52. The predicted molar refractivity (Wildman–Crippen MR) is 98.7 cm³/mol. The van der Waals surface area contributed by atoms with Gasteiger partial charge in [-0.15, -0.1) is 0 Å². The zero-order valence-electron chi connectivity index (χ0n) is 15.7. The van der Waals surface area contributed by atoms with Crippen LogP contribution in [0.1, 0.15) is 29.8 Å². The van der Waals surface area contributed by atoms with Gasteiger partial charge in [0.05, 0.1) is 19.2 Å². The van der Waals surface area contributed by atoms with Gasteiger partial charge in [0.2, 0.25) is 5.91 Å². The van der Waals surface area contributed by atoms with Crippen LogP contribution in [0.2, 0.25) is 0 Å². The SMILES string of the molecule is CCNC(=O)CN(CC)C(=O)COC(=O)/C=C/c1ccc(C(=O)OC)cc1. The average Bonchev–Trinajstić information content (AvgIpc) is 2.68. The van der Waals surface area contributed by atoms with E-state index in [1.54, 1.807) is 38.1 Å². The Morgan fingerprint density at radius 2 is 1.78 bits per heavy atom. The van der Waals surface area contributed by atoms with Gasteiger partial charge in [-0.3, -0.25) is 9.59 Å². The van der Waals surface area contributed by atoms with Gasteiger partial charge >= 0.3 is 11.9 Å². The fraction of sp³-hybridized carbons (Fsp3) is 0.368. The first kappa shape index (κ1) is 21.9. The van der Waals surface area contributed by atoms with Crippen molar-refractivity contribution in [3.63, 3.8) is 0 Å². The smallest absolute Gasteiger partial charge is 0.337 e. The van der Waals surface area contributed by atoms with Gasteiger partial charge in [-0.1, -0.05) is 12.1 Å². The highest BCUT2D eigenvalue weighted by Crippen LogP contribution is 2.07. The van der Waals surface area contributed by atoms with Gasteiger partial charge in [-0.2, -0.15) is 0 Å². The number of methoxy groups -OCH3 is 1. The van der Waals surface area contributed by atoms with E-state index in [9.17, 15) is 19.2 Å². The number of hydrogen-bond donors (Lipinski definition) is 1. The van der Waals surface area contributed by atoms with Crippen molar-refractivity contribution >= 4 is 29.8 Å². The summed E-state index contributed by atoms with van der Waals surface area (Å²) in [5.41, 5.74) is 1.08. The Labute approximate surface area is 158 Å². The number of nitrogens with zero attached hydrogens (tertiary/aromatic N) is 1. The van der Waals surface area contributed by atoms with Gasteiger partial charge < -0.3 is 19.7 Å². The number of rotatable bonds is 9. The van der Waals surface area contributed by atoms with E-state index < -0.39 is 24.5 Å². The highest BCUT2D eigenvalue weighted by atomic mass is 16.5. The molecule has 8 nitrogen and oxygen atoms in total. The van der Waals surface area contributed by atoms with E-state index in [4.69, 9.17) is 4.74 Å². The second-order valence-corrected chi connectivity index (χ2v) is 5.42. The minimum atomic E-state index is -0.686. The van der Waals surface area contributed by atoms with Gasteiger partial charge in [-0.05, 0) is 37.6 Å². The van der Waals surface area contributed by atoms with Crippen LogP contribution in [-0.4, -0.2) is 62.0 Å². The number of carbonyl (C=O) groups is 4. The normalized spacial score (nSPS) is 10.3. The molecule has 0 saturated heterocycles. The number of hydrogen-bond acceptors (Lipinski definition) is 6.